The molecular weight excluding hydrogens is 438 g/mol. The Balaban J connectivity index is 1.33. The van der Waals surface area contributed by atoms with E-state index in [1.165, 1.54) is 11.3 Å². The second-order valence-electron chi connectivity index (χ2n) is 7.00. The molecule has 0 saturated heterocycles. The predicted molar refractivity (Wildman–Crippen MR) is 130 cm³/mol. The number of thiazole rings is 1. The average Bonchev–Trinajstić information content (AvgIpc) is 3.27. The first-order chi connectivity index (χ1) is 16.1. The molecule has 0 aliphatic heterocycles. The number of amides is 1. The zero-order chi connectivity index (χ0) is 23.0. The predicted octanol–water partition coefficient (Wildman–Crippen LogP) is 5.88. The molecule has 8 heteroatoms. The van der Waals surface area contributed by atoms with E-state index in [-0.39, 0.29) is 12.3 Å². The number of para-hydroxylation sites is 1. The van der Waals surface area contributed by atoms with E-state index in [9.17, 15) is 4.79 Å². The number of carbonyl (C=O) groups excluding carboxylic acids is 1. The Hall–Kier alpha value is -4.04. The van der Waals surface area contributed by atoms with Gasteiger partial charge in [-0.3, -0.25) is 4.79 Å². The molecule has 168 valence electrons. The highest BCUT2D eigenvalue weighted by molar-refractivity contribution is 7.13. The van der Waals surface area contributed by atoms with E-state index in [0.717, 1.165) is 11.4 Å². The van der Waals surface area contributed by atoms with Gasteiger partial charge in [-0.15, -0.1) is 11.3 Å². The van der Waals surface area contributed by atoms with E-state index < -0.39 is 0 Å². The van der Waals surface area contributed by atoms with Gasteiger partial charge in [0.1, 0.15) is 23.0 Å². The molecule has 33 heavy (non-hydrogen) atoms. The Morgan fingerprint density at radius 1 is 0.909 bits per heavy atom. The standard InChI is InChI=1S/C25H23N3O4S/c1-30-21-12-13-23(31-2)22(15-21)28-25-27-18(16-33-25)14-24(29)26-17-8-10-20(11-9-17)32-19-6-4-3-5-7-19/h3-13,15-16H,14H2,1-2H3,(H,26,29)(H,27,28). The van der Waals surface area contributed by atoms with Crippen molar-refractivity contribution in [2.75, 3.05) is 24.9 Å². The van der Waals surface area contributed by atoms with Crippen LogP contribution < -0.4 is 24.8 Å². The van der Waals surface area contributed by atoms with Crippen LogP contribution in [0.1, 0.15) is 5.69 Å². The maximum atomic E-state index is 12.5. The lowest BCUT2D eigenvalue weighted by molar-refractivity contribution is -0.115. The topological polar surface area (TPSA) is 81.7 Å². The molecule has 1 heterocycles. The molecule has 7 nitrogen and oxygen atoms in total. The van der Waals surface area contributed by atoms with Crippen molar-refractivity contribution in [2.24, 2.45) is 0 Å². The van der Waals surface area contributed by atoms with Crippen LogP contribution in [0, 0.1) is 0 Å². The van der Waals surface area contributed by atoms with Gasteiger partial charge in [0.05, 0.1) is 32.0 Å². The first-order valence-electron chi connectivity index (χ1n) is 10.2. The van der Waals surface area contributed by atoms with Gasteiger partial charge in [0, 0.05) is 17.1 Å². The van der Waals surface area contributed by atoms with Crippen LogP contribution >= 0.6 is 11.3 Å². The minimum Gasteiger partial charge on any atom is -0.497 e. The van der Waals surface area contributed by atoms with E-state index in [0.29, 0.717) is 33.8 Å². The summed E-state index contributed by atoms with van der Waals surface area (Å²) in [5, 5.41) is 8.62. The first-order valence-corrected chi connectivity index (χ1v) is 11.1. The van der Waals surface area contributed by atoms with Gasteiger partial charge in [-0.25, -0.2) is 4.98 Å². The Morgan fingerprint density at radius 2 is 1.64 bits per heavy atom. The minimum absolute atomic E-state index is 0.150. The molecular formula is C25H23N3O4S. The van der Waals surface area contributed by atoms with Crippen molar-refractivity contribution >= 4 is 33.8 Å². The molecule has 0 radical (unpaired) electrons. The number of benzene rings is 3. The summed E-state index contributed by atoms with van der Waals surface area (Å²) in [6.07, 6.45) is 0.162. The Kier molecular flexibility index (Phi) is 7.06. The van der Waals surface area contributed by atoms with Crippen molar-refractivity contribution in [1.29, 1.82) is 0 Å². The highest BCUT2D eigenvalue weighted by atomic mass is 32.1. The number of nitrogens with one attached hydrogen (secondary N) is 2. The van der Waals surface area contributed by atoms with Gasteiger partial charge in [-0.1, -0.05) is 18.2 Å². The normalized spacial score (nSPS) is 10.4. The molecule has 0 spiro atoms. The summed E-state index contributed by atoms with van der Waals surface area (Å²) in [5.74, 6) is 2.68. The van der Waals surface area contributed by atoms with Crippen molar-refractivity contribution in [2.45, 2.75) is 6.42 Å². The van der Waals surface area contributed by atoms with Crippen LogP contribution in [0.5, 0.6) is 23.0 Å². The molecule has 0 fully saturated rings. The van der Waals surface area contributed by atoms with Crippen molar-refractivity contribution in [1.82, 2.24) is 4.98 Å². The summed E-state index contributed by atoms with van der Waals surface area (Å²) in [6, 6.07) is 22.2. The zero-order valence-corrected chi connectivity index (χ0v) is 19.0. The number of nitrogens with zero attached hydrogens (tertiary/aromatic N) is 1. The summed E-state index contributed by atoms with van der Waals surface area (Å²) in [6.45, 7) is 0. The summed E-state index contributed by atoms with van der Waals surface area (Å²) in [7, 11) is 3.21. The first kappa shape index (κ1) is 22.2. The summed E-state index contributed by atoms with van der Waals surface area (Å²) < 4.78 is 16.4. The Labute approximate surface area is 196 Å². The lowest BCUT2D eigenvalue weighted by atomic mass is 10.2. The maximum absolute atomic E-state index is 12.5. The van der Waals surface area contributed by atoms with E-state index in [4.69, 9.17) is 14.2 Å². The van der Waals surface area contributed by atoms with Gasteiger partial charge in [0.15, 0.2) is 5.13 Å². The van der Waals surface area contributed by atoms with Gasteiger partial charge < -0.3 is 24.8 Å². The van der Waals surface area contributed by atoms with Crippen LogP contribution in [-0.4, -0.2) is 25.1 Å². The van der Waals surface area contributed by atoms with E-state index in [1.807, 2.05) is 66.0 Å². The third kappa shape index (κ3) is 6.02. The van der Waals surface area contributed by atoms with Crippen LogP contribution in [0.3, 0.4) is 0 Å². The molecule has 4 rings (SSSR count). The number of rotatable bonds is 9. The second-order valence-corrected chi connectivity index (χ2v) is 7.86. The van der Waals surface area contributed by atoms with Crippen LogP contribution in [0.25, 0.3) is 0 Å². The highest BCUT2D eigenvalue weighted by Gasteiger charge is 2.11. The highest BCUT2D eigenvalue weighted by Crippen LogP contribution is 2.32. The number of aromatic nitrogens is 1. The monoisotopic (exact) mass is 461 g/mol. The molecule has 0 atom stereocenters. The van der Waals surface area contributed by atoms with Crippen LogP contribution in [0.15, 0.2) is 78.2 Å². The third-order valence-electron chi connectivity index (χ3n) is 4.66. The zero-order valence-electron chi connectivity index (χ0n) is 18.2. The van der Waals surface area contributed by atoms with Gasteiger partial charge >= 0.3 is 0 Å². The molecule has 0 aliphatic rings. The van der Waals surface area contributed by atoms with E-state index in [1.54, 1.807) is 26.4 Å². The summed E-state index contributed by atoms with van der Waals surface area (Å²) >= 11 is 1.41. The number of anilines is 3. The summed E-state index contributed by atoms with van der Waals surface area (Å²) in [5.41, 5.74) is 2.10. The number of ether oxygens (including phenoxy) is 3. The van der Waals surface area contributed by atoms with Gasteiger partial charge in [-0.2, -0.15) is 0 Å². The van der Waals surface area contributed by atoms with Crippen molar-refractivity contribution in [3.63, 3.8) is 0 Å². The molecule has 4 aromatic rings. The molecule has 0 aliphatic carbocycles. The molecule has 3 aromatic carbocycles. The van der Waals surface area contributed by atoms with Crippen LogP contribution in [-0.2, 0) is 11.2 Å². The molecule has 0 bridgehead atoms. The molecule has 1 aromatic heterocycles. The van der Waals surface area contributed by atoms with Crippen LogP contribution in [0.2, 0.25) is 0 Å². The number of methoxy groups -OCH3 is 2. The van der Waals surface area contributed by atoms with Crippen LogP contribution in [0.4, 0.5) is 16.5 Å². The summed E-state index contributed by atoms with van der Waals surface area (Å²) in [4.78, 5) is 17.0. The third-order valence-corrected chi connectivity index (χ3v) is 5.47. The lowest BCUT2D eigenvalue weighted by Crippen LogP contribution is -2.14. The average molecular weight is 462 g/mol. The maximum Gasteiger partial charge on any atom is 0.230 e. The Morgan fingerprint density at radius 3 is 2.36 bits per heavy atom. The van der Waals surface area contributed by atoms with Gasteiger partial charge in [-0.05, 0) is 48.5 Å². The number of hydrogen-bond donors (Lipinski definition) is 2. The van der Waals surface area contributed by atoms with Crippen molar-refractivity contribution < 1.29 is 19.0 Å². The SMILES string of the molecule is COc1ccc(OC)c(Nc2nc(CC(=O)Nc3ccc(Oc4ccccc4)cc3)cs2)c1. The minimum atomic E-state index is -0.150. The van der Waals surface area contributed by atoms with Gasteiger partial charge in [0.2, 0.25) is 5.91 Å². The number of hydrogen-bond acceptors (Lipinski definition) is 7. The fourth-order valence-electron chi connectivity index (χ4n) is 3.07. The Bertz CT molecular complexity index is 1210. The molecule has 2 N–H and O–H groups in total. The van der Waals surface area contributed by atoms with Crippen molar-refractivity contribution in [3.05, 3.63) is 83.9 Å². The lowest BCUT2D eigenvalue weighted by Gasteiger charge is -2.10. The van der Waals surface area contributed by atoms with Gasteiger partial charge in [0.25, 0.3) is 0 Å². The quantitative estimate of drug-likeness (QED) is 0.324. The molecule has 0 unspecified atom stereocenters. The van der Waals surface area contributed by atoms with E-state index in [2.05, 4.69) is 15.6 Å². The fourth-order valence-corrected chi connectivity index (χ4v) is 3.80. The number of carbonyl (C=O) groups is 1. The van der Waals surface area contributed by atoms with E-state index >= 15 is 0 Å². The smallest absolute Gasteiger partial charge is 0.230 e. The van der Waals surface area contributed by atoms with Crippen molar-refractivity contribution in [3.8, 4) is 23.0 Å². The fraction of sp³-hybridized carbons (Fsp3) is 0.120. The second kappa shape index (κ2) is 10.5. The largest absolute Gasteiger partial charge is 0.497 e. The molecule has 0 saturated carbocycles. The molecule has 1 amide bonds.